The second kappa shape index (κ2) is 5.80. The van der Waals surface area contributed by atoms with Crippen LogP contribution < -0.4 is 0 Å². The Morgan fingerprint density at radius 1 is 1.27 bits per heavy atom. The fraction of sp³-hybridized carbons (Fsp3) is 0.588. The maximum Gasteiger partial charge on any atom is 0.131 e. The SMILES string of the molecule is Cc1cnn(C2CCN(Cc3ccnc(C4CCC4)n3)C2)c1. The number of hydrogen-bond donors (Lipinski definition) is 0. The summed E-state index contributed by atoms with van der Waals surface area (Å²) in [5, 5.41) is 4.46. The monoisotopic (exact) mass is 297 g/mol. The van der Waals surface area contributed by atoms with Crippen LogP contribution in [0.25, 0.3) is 0 Å². The Morgan fingerprint density at radius 3 is 2.91 bits per heavy atom. The van der Waals surface area contributed by atoms with Crippen LogP contribution in [0.2, 0.25) is 0 Å². The van der Waals surface area contributed by atoms with E-state index in [1.54, 1.807) is 0 Å². The Labute approximate surface area is 131 Å². The van der Waals surface area contributed by atoms with Crippen molar-refractivity contribution in [3.8, 4) is 0 Å². The summed E-state index contributed by atoms with van der Waals surface area (Å²) in [5.74, 6) is 1.67. The second-order valence-corrected chi connectivity index (χ2v) is 6.71. The molecule has 2 fully saturated rings. The highest BCUT2D eigenvalue weighted by Gasteiger charge is 2.26. The molecule has 0 radical (unpaired) electrons. The molecule has 1 aliphatic heterocycles. The number of aryl methyl sites for hydroxylation is 1. The molecule has 116 valence electrons. The van der Waals surface area contributed by atoms with Crippen LogP contribution in [0.1, 0.15) is 54.7 Å². The van der Waals surface area contributed by atoms with Gasteiger partial charge in [-0.2, -0.15) is 5.10 Å². The van der Waals surface area contributed by atoms with Crippen LogP contribution in [-0.2, 0) is 6.54 Å². The van der Waals surface area contributed by atoms with Gasteiger partial charge in [0.25, 0.3) is 0 Å². The minimum absolute atomic E-state index is 0.502. The van der Waals surface area contributed by atoms with Crippen molar-refractivity contribution >= 4 is 0 Å². The Kier molecular flexibility index (Phi) is 3.66. The summed E-state index contributed by atoms with van der Waals surface area (Å²) in [6.07, 6.45) is 11.0. The van der Waals surface area contributed by atoms with Gasteiger partial charge in [0.2, 0.25) is 0 Å². The Bertz CT molecular complexity index is 646. The largest absolute Gasteiger partial charge is 0.295 e. The molecule has 2 aromatic heterocycles. The molecule has 1 aliphatic carbocycles. The van der Waals surface area contributed by atoms with Gasteiger partial charge < -0.3 is 0 Å². The number of hydrogen-bond acceptors (Lipinski definition) is 4. The lowest BCUT2D eigenvalue weighted by molar-refractivity contribution is 0.306. The average molecular weight is 297 g/mol. The lowest BCUT2D eigenvalue weighted by atomic mass is 9.85. The molecule has 1 saturated carbocycles. The molecule has 4 rings (SSSR count). The summed E-state index contributed by atoms with van der Waals surface area (Å²) in [5.41, 5.74) is 2.40. The molecule has 0 aromatic carbocycles. The topological polar surface area (TPSA) is 46.8 Å². The third kappa shape index (κ3) is 2.77. The van der Waals surface area contributed by atoms with E-state index in [1.807, 2.05) is 12.4 Å². The van der Waals surface area contributed by atoms with Gasteiger partial charge in [0.05, 0.1) is 17.9 Å². The van der Waals surface area contributed by atoms with Gasteiger partial charge in [0, 0.05) is 37.9 Å². The maximum absolute atomic E-state index is 4.78. The van der Waals surface area contributed by atoms with E-state index in [0.29, 0.717) is 12.0 Å². The van der Waals surface area contributed by atoms with Gasteiger partial charge >= 0.3 is 0 Å². The molecule has 0 bridgehead atoms. The molecule has 2 aromatic rings. The van der Waals surface area contributed by atoms with Gasteiger partial charge in [-0.3, -0.25) is 9.58 Å². The van der Waals surface area contributed by atoms with E-state index < -0.39 is 0 Å². The van der Waals surface area contributed by atoms with Crippen LogP contribution in [0.15, 0.2) is 24.7 Å². The van der Waals surface area contributed by atoms with E-state index in [0.717, 1.165) is 31.2 Å². The number of aromatic nitrogens is 4. The Morgan fingerprint density at radius 2 is 2.18 bits per heavy atom. The maximum atomic E-state index is 4.78. The second-order valence-electron chi connectivity index (χ2n) is 6.71. The van der Waals surface area contributed by atoms with Crippen LogP contribution in [0, 0.1) is 6.92 Å². The smallest absolute Gasteiger partial charge is 0.131 e. The zero-order chi connectivity index (χ0) is 14.9. The zero-order valence-corrected chi connectivity index (χ0v) is 13.1. The third-order valence-corrected chi connectivity index (χ3v) is 4.94. The molecule has 3 heterocycles. The van der Waals surface area contributed by atoms with Crippen molar-refractivity contribution in [1.29, 1.82) is 0 Å². The van der Waals surface area contributed by atoms with Gasteiger partial charge in [-0.05, 0) is 37.8 Å². The van der Waals surface area contributed by atoms with Crippen molar-refractivity contribution < 1.29 is 0 Å². The summed E-state index contributed by atoms with van der Waals surface area (Å²) in [6, 6.07) is 2.56. The van der Waals surface area contributed by atoms with Crippen LogP contribution in [0.5, 0.6) is 0 Å². The highest BCUT2D eigenvalue weighted by molar-refractivity contribution is 5.08. The number of nitrogens with zero attached hydrogens (tertiary/aromatic N) is 5. The minimum Gasteiger partial charge on any atom is -0.295 e. The van der Waals surface area contributed by atoms with Crippen molar-refractivity contribution in [3.05, 3.63) is 41.7 Å². The molecule has 5 nitrogen and oxygen atoms in total. The molecular formula is C17H23N5. The molecule has 1 atom stereocenters. The van der Waals surface area contributed by atoms with E-state index in [2.05, 4.69) is 38.9 Å². The molecule has 1 saturated heterocycles. The van der Waals surface area contributed by atoms with Crippen LogP contribution in [-0.4, -0.2) is 37.7 Å². The Hall–Kier alpha value is -1.75. The normalized spacial score (nSPS) is 22.9. The standard InChI is InChI=1S/C17H23N5/c1-13-9-19-22(10-13)16-6-8-21(12-16)11-15-5-7-18-17(20-15)14-3-2-4-14/h5,7,9-10,14,16H,2-4,6,8,11-12H2,1H3. The van der Waals surface area contributed by atoms with E-state index in [4.69, 9.17) is 4.98 Å². The van der Waals surface area contributed by atoms with Gasteiger partial charge in [-0.15, -0.1) is 0 Å². The highest BCUT2D eigenvalue weighted by Crippen LogP contribution is 2.34. The molecule has 0 N–H and O–H groups in total. The van der Waals surface area contributed by atoms with Crippen molar-refractivity contribution in [2.24, 2.45) is 0 Å². The van der Waals surface area contributed by atoms with Crippen molar-refractivity contribution in [1.82, 2.24) is 24.6 Å². The van der Waals surface area contributed by atoms with Crippen LogP contribution in [0.3, 0.4) is 0 Å². The first-order chi connectivity index (χ1) is 10.8. The van der Waals surface area contributed by atoms with Crippen LogP contribution in [0.4, 0.5) is 0 Å². The Balaban J connectivity index is 1.39. The fourth-order valence-electron chi connectivity index (χ4n) is 3.40. The third-order valence-electron chi connectivity index (χ3n) is 4.94. The molecule has 2 aliphatic rings. The highest BCUT2D eigenvalue weighted by atomic mass is 15.3. The lowest BCUT2D eigenvalue weighted by Crippen LogP contribution is -2.23. The summed E-state index contributed by atoms with van der Waals surface area (Å²) in [6.45, 7) is 5.20. The minimum atomic E-state index is 0.502. The molecule has 1 unspecified atom stereocenters. The molecule has 22 heavy (non-hydrogen) atoms. The van der Waals surface area contributed by atoms with Gasteiger partial charge in [0.15, 0.2) is 0 Å². The average Bonchev–Trinajstić information content (AvgIpc) is 3.06. The van der Waals surface area contributed by atoms with Gasteiger partial charge in [-0.25, -0.2) is 9.97 Å². The molecule has 0 amide bonds. The molecule has 5 heteroatoms. The van der Waals surface area contributed by atoms with Gasteiger partial charge in [0.1, 0.15) is 5.82 Å². The van der Waals surface area contributed by atoms with E-state index in [9.17, 15) is 0 Å². The van der Waals surface area contributed by atoms with Crippen molar-refractivity contribution in [2.75, 3.05) is 13.1 Å². The van der Waals surface area contributed by atoms with Crippen molar-refractivity contribution in [3.63, 3.8) is 0 Å². The first-order valence-electron chi connectivity index (χ1n) is 8.33. The number of rotatable bonds is 4. The summed E-state index contributed by atoms with van der Waals surface area (Å²) in [7, 11) is 0. The predicted octanol–water partition coefficient (Wildman–Crippen LogP) is 2.70. The summed E-state index contributed by atoms with van der Waals surface area (Å²) >= 11 is 0. The van der Waals surface area contributed by atoms with Crippen molar-refractivity contribution in [2.45, 2.75) is 51.1 Å². The summed E-state index contributed by atoms with van der Waals surface area (Å²) < 4.78 is 2.12. The molecule has 0 spiro atoms. The number of likely N-dealkylation sites (tertiary alicyclic amines) is 1. The van der Waals surface area contributed by atoms with E-state index in [1.165, 1.54) is 31.2 Å². The van der Waals surface area contributed by atoms with Gasteiger partial charge in [-0.1, -0.05) is 6.42 Å². The zero-order valence-electron chi connectivity index (χ0n) is 13.1. The summed E-state index contributed by atoms with van der Waals surface area (Å²) in [4.78, 5) is 11.7. The fourth-order valence-corrected chi connectivity index (χ4v) is 3.40. The van der Waals surface area contributed by atoms with Crippen LogP contribution >= 0.6 is 0 Å². The van der Waals surface area contributed by atoms with E-state index >= 15 is 0 Å². The first kappa shape index (κ1) is 13.9. The quantitative estimate of drug-likeness (QED) is 0.870. The molecular weight excluding hydrogens is 274 g/mol. The van der Waals surface area contributed by atoms with E-state index in [-0.39, 0.29) is 0 Å². The first-order valence-corrected chi connectivity index (χ1v) is 8.33. The predicted molar refractivity (Wildman–Crippen MR) is 84.5 cm³/mol. The lowest BCUT2D eigenvalue weighted by Gasteiger charge is -2.24.